The zero-order chi connectivity index (χ0) is 15.8. The summed E-state index contributed by atoms with van der Waals surface area (Å²) >= 11 is 1.60. The SMILES string of the molecule is N#CC1=C(N)Oc2n[nH]c(-c3cccs3)c2C1c1ccc[nH+]c1. The molecule has 3 aromatic heterocycles. The first kappa shape index (κ1) is 13.5. The Balaban J connectivity index is 1.97. The summed E-state index contributed by atoms with van der Waals surface area (Å²) in [6.45, 7) is 0. The summed E-state index contributed by atoms with van der Waals surface area (Å²) in [5.41, 5.74) is 8.93. The maximum absolute atomic E-state index is 9.57. The lowest BCUT2D eigenvalue weighted by Crippen LogP contribution is -2.21. The number of nitrogens with zero attached hydrogens (tertiary/aromatic N) is 2. The van der Waals surface area contributed by atoms with E-state index in [1.165, 1.54) is 0 Å². The van der Waals surface area contributed by atoms with E-state index in [-0.39, 0.29) is 11.8 Å². The molecule has 23 heavy (non-hydrogen) atoms. The van der Waals surface area contributed by atoms with E-state index in [1.54, 1.807) is 11.3 Å². The van der Waals surface area contributed by atoms with Crippen LogP contribution in [0.15, 0.2) is 53.5 Å². The number of pyridine rings is 1. The van der Waals surface area contributed by atoms with Crippen LogP contribution in [0.3, 0.4) is 0 Å². The van der Waals surface area contributed by atoms with Crippen molar-refractivity contribution in [2.75, 3.05) is 0 Å². The van der Waals surface area contributed by atoms with Crippen LogP contribution in [0.5, 0.6) is 5.88 Å². The molecule has 0 spiro atoms. The normalized spacial score (nSPS) is 16.6. The highest BCUT2D eigenvalue weighted by atomic mass is 32.1. The Hall–Kier alpha value is -3.11. The zero-order valence-corrected chi connectivity index (χ0v) is 12.7. The monoisotopic (exact) mass is 322 g/mol. The van der Waals surface area contributed by atoms with E-state index < -0.39 is 0 Å². The van der Waals surface area contributed by atoms with Gasteiger partial charge in [0.25, 0.3) is 0 Å². The molecule has 0 saturated heterocycles. The third-order valence-electron chi connectivity index (χ3n) is 3.77. The minimum Gasteiger partial charge on any atom is -0.420 e. The molecule has 0 amide bonds. The summed E-state index contributed by atoms with van der Waals surface area (Å²) in [5.74, 6) is 0.189. The predicted molar refractivity (Wildman–Crippen MR) is 84.2 cm³/mol. The summed E-state index contributed by atoms with van der Waals surface area (Å²) in [6, 6.07) is 9.99. The zero-order valence-electron chi connectivity index (χ0n) is 11.9. The van der Waals surface area contributed by atoms with Crippen LogP contribution >= 0.6 is 11.3 Å². The second-order valence-electron chi connectivity index (χ2n) is 5.06. The van der Waals surface area contributed by atoms with Crippen LogP contribution in [0, 0.1) is 11.3 Å². The Morgan fingerprint density at radius 3 is 3.00 bits per heavy atom. The number of fused-ring (bicyclic) bond motifs is 1. The van der Waals surface area contributed by atoms with Crippen molar-refractivity contribution in [2.45, 2.75) is 5.92 Å². The highest BCUT2D eigenvalue weighted by molar-refractivity contribution is 7.13. The number of rotatable bonds is 2. The number of nitrogens with two attached hydrogens (primary N) is 1. The van der Waals surface area contributed by atoms with Crippen LogP contribution in [0.4, 0.5) is 0 Å². The fraction of sp³-hybridized carbons (Fsp3) is 0.0625. The molecule has 0 aliphatic carbocycles. The van der Waals surface area contributed by atoms with E-state index in [9.17, 15) is 5.26 Å². The summed E-state index contributed by atoms with van der Waals surface area (Å²) in [5, 5.41) is 18.8. The van der Waals surface area contributed by atoms with Crippen LogP contribution in [-0.4, -0.2) is 10.2 Å². The Labute approximate surface area is 135 Å². The van der Waals surface area contributed by atoms with Crippen LogP contribution in [0.1, 0.15) is 17.0 Å². The minimum atomic E-state index is -0.322. The molecule has 1 aliphatic rings. The summed E-state index contributed by atoms with van der Waals surface area (Å²) < 4.78 is 5.55. The van der Waals surface area contributed by atoms with Crippen molar-refractivity contribution in [1.82, 2.24) is 10.2 Å². The molecule has 0 bridgehead atoms. The van der Waals surface area contributed by atoms with E-state index in [2.05, 4.69) is 21.3 Å². The van der Waals surface area contributed by atoms with Gasteiger partial charge >= 0.3 is 0 Å². The lowest BCUT2D eigenvalue weighted by atomic mass is 9.84. The van der Waals surface area contributed by atoms with Crippen LogP contribution < -0.4 is 15.5 Å². The van der Waals surface area contributed by atoms with Gasteiger partial charge in [-0.2, -0.15) is 5.26 Å². The highest BCUT2D eigenvalue weighted by Crippen LogP contribution is 2.45. The topological polar surface area (TPSA) is 102 Å². The van der Waals surface area contributed by atoms with Gasteiger partial charge in [0.2, 0.25) is 11.8 Å². The van der Waals surface area contributed by atoms with E-state index in [0.29, 0.717) is 11.5 Å². The van der Waals surface area contributed by atoms with Crippen LogP contribution in [-0.2, 0) is 0 Å². The molecule has 3 aromatic rings. The molecule has 0 saturated carbocycles. The first-order valence-electron chi connectivity index (χ1n) is 6.95. The molecular weight excluding hydrogens is 310 g/mol. The molecule has 1 unspecified atom stereocenters. The average molecular weight is 322 g/mol. The van der Waals surface area contributed by atoms with Gasteiger partial charge in [-0.05, 0) is 17.5 Å². The van der Waals surface area contributed by atoms with Gasteiger partial charge in [0.05, 0.1) is 22.1 Å². The lowest BCUT2D eigenvalue weighted by molar-refractivity contribution is -0.378. The van der Waals surface area contributed by atoms with Gasteiger partial charge < -0.3 is 10.5 Å². The predicted octanol–water partition coefficient (Wildman–Crippen LogP) is 2.17. The molecular formula is C16H12N5OS+. The molecule has 1 aliphatic heterocycles. The largest absolute Gasteiger partial charge is 0.420 e. The van der Waals surface area contributed by atoms with Gasteiger partial charge in [0, 0.05) is 11.6 Å². The Morgan fingerprint density at radius 2 is 2.30 bits per heavy atom. The number of allylic oxidation sites excluding steroid dienone is 1. The van der Waals surface area contributed by atoms with Gasteiger partial charge in [-0.1, -0.05) is 6.07 Å². The van der Waals surface area contributed by atoms with Crippen molar-refractivity contribution >= 4 is 11.3 Å². The van der Waals surface area contributed by atoms with Gasteiger partial charge in [-0.3, -0.25) is 5.10 Å². The smallest absolute Gasteiger partial charge is 0.244 e. The van der Waals surface area contributed by atoms with Gasteiger partial charge in [-0.25, -0.2) is 4.98 Å². The number of nitriles is 1. The molecule has 1 atom stereocenters. The maximum atomic E-state index is 9.57. The van der Waals surface area contributed by atoms with Crippen LogP contribution in [0.25, 0.3) is 10.6 Å². The molecule has 7 heteroatoms. The number of nitrogens with one attached hydrogen (secondary N) is 2. The Bertz CT molecular complexity index is 921. The summed E-state index contributed by atoms with van der Waals surface area (Å²) in [6.07, 6.45) is 3.67. The minimum absolute atomic E-state index is 0.0954. The quantitative estimate of drug-likeness (QED) is 0.755. The fourth-order valence-corrected chi connectivity index (χ4v) is 3.51. The molecule has 0 aromatic carbocycles. The van der Waals surface area contributed by atoms with E-state index in [0.717, 1.165) is 21.7 Å². The van der Waals surface area contributed by atoms with Gasteiger partial charge in [0.15, 0.2) is 12.4 Å². The van der Waals surface area contributed by atoms with Gasteiger partial charge in [-0.15, -0.1) is 16.4 Å². The lowest BCUT2D eigenvalue weighted by Gasteiger charge is -2.22. The van der Waals surface area contributed by atoms with Crippen molar-refractivity contribution in [3.05, 3.63) is 64.6 Å². The molecule has 0 fully saturated rings. The van der Waals surface area contributed by atoms with Gasteiger partial charge in [0.1, 0.15) is 11.6 Å². The second kappa shape index (κ2) is 5.26. The number of ether oxygens (including phenoxy) is 1. The fourth-order valence-electron chi connectivity index (χ4n) is 2.77. The van der Waals surface area contributed by atoms with E-state index in [4.69, 9.17) is 10.5 Å². The molecule has 4 rings (SSSR count). The summed E-state index contributed by atoms with van der Waals surface area (Å²) in [7, 11) is 0. The van der Waals surface area contributed by atoms with Crippen molar-refractivity contribution in [3.63, 3.8) is 0 Å². The van der Waals surface area contributed by atoms with E-state index >= 15 is 0 Å². The standard InChI is InChI=1S/C16H11N5OS/c17-7-10-12(9-3-1-5-19-8-9)13-14(11-4-2-6-23-11)20-21-16(13)22-15(10)18/h1-6,8,12H,18H2,(H,20,21)/p+1. The number of aromatic amines is 2. The third kappa shape index (κ3) is 2.08. The maximum Gasteiger partial charge on any atom is 0.244 e. The number of aromatic nitrogens is 3. The van der Waals surface area contributed by atoms with Crippen molar-refractivity contribution < 1.29 is 9.72 Å². The van der Waals surface area contributed by atoms with Crippen molar-refractivity contribution in [1.29, 1.82) is 5.26 Å². The second-order valence-corrected chi connectivity index (χ2v) is 6.00. The number of hydrogen-bond donors (Lipinski definition) is 2. The summed E-state index contributed by atoms with van der Waals surface area (Å²) in [4.78, 5) is 4.09. The Kier molecular flexibility index (Phi) is 3.10. The average Bonchev–Trinajstić information content (AvgIpc) is 3.23. The molecule has 4 heterocycles. The number of hydrogen-bond acceptors (Lipinski definition) is 5. The first-order chi connectivity index (χ1) is 11.3. The van der Waals surface area contributed by atoms with Crippen molar-refractivity contribution in [3.8, 4) is 22.5 Å². The van der Waals surface area contributed by atoms with Crippen molar-refractivity contribution in [2.24, 2.45) is 5.73 Å². The molecule has 0 radical (unpaired) electrons. The molecule has 4 N–H and O–H groups in total. The van der Waals surface area contributed by atoms with Crippen LogP contribution in [0.2, 0.25) is 0 Å². The number of H-pyrrole nitrogens is 2. The Morgan fingerprint density at radius 1 is 1.39 bits per heavy atom. The molecule has 112 valence electrons. The first-order valence-corrected chi connectivity index (χ1v) is 7.83. The molecule has 6 nitrogen and oxygen atoms in total. The highest BCUT2D eigenvalue weighted by Gasteiger charge is 2.36. The third-order valence-corrected chi connectivity index (χ3v) is 4.66. The van der Waals surface area contributed by atoms with E-state index in [1.807, 2.05) is 42.0 Å². The number of thiophene rings is 1.